The Morgan fingerprint density at radius 2 is 1.83 bits per heavy atom. The van der Waals surface area contributed by atoms with Gasteiger partial charge in [0.05, 0.1) is 19.8 Å². The summed E-state index contributed by atoms with van der Waals surface area (Å²) in [5, 5.41) is 0. The van der Waals surface area contributed by atoms with Crippen molar-refractivity contribution in [1.29, 1.82) is 0 Å². The van der Waals surface area contributed by atoms with Gasteiger partial charge in [0.2, 0.25) is 0 Å². The molecule has 4 nitrogen and oxygen atoms in total. The molecule has 0 aliphatic rings. The molecule has 0 aromatic heterocycles. The highest BCUT2D eigenvalue weighted by atomic mass is 79.9. The summed E-state index contributed by atoms with van der Waals surface area (Å²) < 4.78 is 25.1. The minimum absolute atomic E-state index is 0.0479. The van der Waals surface area contributed by atoms with Crippen LogP contribution < -0.4 is 9.47 Å². The molecule has 0 fully saturated rings. The van der Waals surface area contributed by atoms with Gasteiger partial charge in [0.25, 0.3) is 5.91 Å². The third-order valence-electron chi connectivity index (χ3n) is 3.65. The van der Waals surface area contributed by atoms with Crippen LogP contribution in [-0.2, 0) is 6.54 Å². The van der Waals surface area contributed by atoms with Crippen LogP contribution in [-0.4, -0.2) is 31.6 Å². The summed E-state index contributed by atoms with van der Waals surface area (Å²) in [5.41, 5.74) is 0.921. The molecule has 0 aliphatic heterocycles. The number of ether oxygens (including phenoxy) is 2. The second-order valence-electron chi connectivity index (χ2n) is 5.13. The molecule has 0 saturated heterocycles. The molecule has 24 heavy (non-hydrogen) atoms. The lowest BCUT2D eigenvalue weighted by atomic mass is 10.1. The average molecular weight is 396 g/mol. The first kappa shape index (κ1) is 18.3. The Hall–Kier alpha value is -2.08. The minimum atomic E-state index is -0.533. The number of hydrogen-bond donors (Lipinski definition) is 0. The predicted molar refractivity (Wildman–Crippen MR) is 94.1 cm³/mol. The Labute approximate surface area is 149 Å². The van der Waals surface area contributed by atoms with E-state index in [1.807, 2.05) is 19.1 Å². The highest BCUT2D eigenvalue weighted by Crippen LogP contribution is 2.28. The van der Waals surface area contributed by atoms with Crippen LogP contribution >= 0.6 is 15.9 Å². The fourth-order valence-corrected chi connectivity index (χ4v) is 2.72. The maximum atomic E-state index is 14.0. The number of nitrogens with zero attached hydrogens (tertiary/aromatic N) is 1. The highest BCUT2D eigenvalue weighted by molar-refractivity contribution is 9.10. The van der Waals surface area contributed by atoms with Crippen LogP contribution in [0.5, 0.6) is 11.5 Å². The van der Waals surface area contributed by atoms with E-state index in [1.54, 1.807) is 31.3 Å². The van der Waals surface area contributed by atoms with Crippen molar-refractivity contribution in [3.05, 3.63) is 57.8 Å². The standard InChI is InChI=1S/C18H19BrFNO3/c1-4-21(18(22)14-10-13(19)6-7-15(14)20)11-12-5-8-16(23-2)17(9-12)24-3/h5-10H,4,11H2,1-3H3. The number of rotatable bonds is 6. The molecule has 2 aromatic carbocycles. The zero-order chi connectivity index (χ0) is 17.7. The zero-order valence-electron chi connectivity index (χ0n) is 13.8. The van der Waals surface area contributed by atoms with Gasteiger partial charge in [0, 0.05) is 17.6 Å². The maximum Gasteiger partial charge on any atom is 0.257 e. The van der Waals surface area contributed by atoms with Crippen molar-refractivity contribution < 1.29 is 18.7 Å². The van der Waals surface area contributed by atoms with Crippen molar-refractivity contribution in [2.75, 3.05) is 20.8 Å². The number of carbonyl (C=O) groups is 1. The van der Waals surface area contributed by atoms with E-state index in [0.29, 0.717) is 29.1 Å². The molecule has 2 aromatic rings. The third-order valence-corrected chi connectivity index (χ3v) is 4.14. The molecular formula is C18H19BrFNO3. The van der Waals surface area contributed by atoms with Crippen LogP contribution in [0.4, 0.5) is 4.39 Å². The van der Waals surface area contributed by atoms with Crippen molar-refractivity contribution in [1.82, 2.24) is 4.90 Å². The predicted octanol–water partition coefficient (Wildman–Crippen LogP) is 4.27. The van der Waals surface area contributed by atoms with E-state index in [-0.39, 0.29) is 11.5 Å². The molecule has 1 amide bonds. The summed E-state index contributed by atoms with van der Waals surface area (Å²) in [6, 6.07) is 9.79. The lowest BCUT2D eigenvalue weighted by Crippen LogP contribution is -2.31. The van der Waals surface area contributed by atoms with E-state index < -0.39 is 5.82 Å². The number of amides is 1. The SMILES string of the molecule is CCN(Cc1ccc(OC)c(OC)c1)C(=O)c1cc(Br)ccc1F. The number of carbonyl (C=O) groups excluding carboxylic acids is 1. The molecule has 6 heteroatoms. The van der Waals surface area contributed by atoms with E-state index in [2.05, 4.69) is 15.9 Å². The number of hydrogen-bond acceptors (Lipinski definition) is 3. The molecule has 0 aliphatic carbocycles. The molecule has 0 N–H and O–H groups in total. The summed E-state index contributed by atoms with van der Waals surface area (Å²) >= 11 is 3.27. The van der Waals surface area contributed by atoms with Gasteiger partial charge in [-0.3, -0.25) is 4.79 Å². The zero-order valence-corrected chi connectivity index (χ0v) is 15.4. The summed E-state index contributed by atoms with van der Waals surface area (Å²) in [6.07, 6.45) is 0. The monoisotopic (exact) mass is 395 g/mol. The quantitative estimate of drug-likeness (QED) is 0.732. The summed E-state index contributed by atoms with van der Waals surface area (Å²) in [4.78, 5) is 14.2. The average Bonchev–Trinajstić information content (AvgIpc) is 2.60. The van der Waals surface area contributed by atoms with Gasteiger partial charge >= 0.3 is 0 Å². The Balaban J connectivity index is 2.26. The molecule has 0 unspecified atom stereocenters. The Morgan fingerprint density at radius 3 is 2.46 bits per heavy atom. The number of methoxy groups -OCH3 is 2. The second kappa shape index (κ2) is 8.15. The van der Waals surface area contributed by atoms with Crippen LogP contribution in [0, 0.1) is 5.82 Å². The normalized spacial score (nSPS) is 10.4. The van der Waals surface area contributed by atoms with Crippen molar-refractivity contribution >= 4 is 21.8 Å². The molecule has 2 rings (SSSR count). The van der Waals surface area contributed by atoms with Crippen LogP contribution in [0.3, 0.4) is 0 Å². The van der Waals surface area contributed by atoms with Crippen LogP contribution in [0.25, 0.3) is 0 Å². The number of halogens is 2. The molecule has 0 heterocycles. The van der Waals surface area contributed by atoms with Gasteiger partial charge in [-0.25, -0.2) is 4.39 Å². The van der Waals surface area contributed by atoms with Crippen LogP contribution in [0.2, 0.25) is 0 Å². The Bertz CT molecular complexity index is 736. The van der Waals surface area contributed by atoms with Crippen molar-refractivity contribution in [3.8, 4) is 11.5 Å². The van der Waals surface area contributed by atoms with Gasteiger partial charge in [-0.2, -0.15) is 0 Å². The molecule has 0 saturated carbocycles. The lowest BCUT2D eigenvalue weighted by Gasteiger charge is -2.22. The topological polar surface area (TPSA) is 38.8 Å². The van der Waals surface area contributed by atoms with Gasteiger partial charge in [0.15, 0.2) is 11.5 Å². The Morgan fingerprint density at radius 1 is 1.12 bits per heavy atom. The first-order valence-electron chi connectivity index (χ1n) is 7.45. The summed E-state index contributed by atoms with van der Waals surface area (Å²) in [5.74, 6) is 0.320. The summed E-state index contributed by atoms with van der Waals surface area (Å²) in [7, 11) is 3.12. The molecule has 0 spiro atoms. The largest absolute Gasteiger partial charge is 0.493 e. The number of benzene rings is 2. The molecule has 128 valence electrons. The van der Waals surface area contributed by atoms with E-state index in [1.165, 1.54) is 12.1 Å². The Kier molecular flexibility index (Phi) is 6.20. The smallest absolute Gasteiger partial charge is 0.257 e. The van der Waals surface area contributed by atoms with Crippen LogP contribution in [0.1, 0.15) is 22.8 Å². The summed E-state index contributed by atoms with van der Waals surface area (Å²) in [6.45, 7) is 2.66. The molecule has 0 bridgehead atoms. The van der Waals surface area contributed by atoms with Gasteiger partial charge < -0.3 is 14.4 Å². The first-order chi connectivity index (χ1) is 11.5. The molecule has 0 radical (unpaired) electrons. The van der Waals surface area contributed by atoms with Gasteiger partial charge in [-0.05, 0) is 42.8 Å². The van der Waals surface area contributed by atoms with Gasteiger partial charge in [0.1, 0.15) is 5.82 Å². The van der Waals surface area contributed by atoms with Crippen molar-refractivity contribution in [3.63, 3.8) is 0 Å². The van der Waals surface area contributed by atoms with Gasteiger partial charge in [-0.1, -0.05) is 22.0 Å². The third kappa shape index (κ3) is 4.06. The van der Waals surface area contributed by atoms with Crippen LogP contribution in [0.15, 0.2) is 40.9 Å². The first-order valence-corrected chi connectivity index (χ1v) is 8.24. The van der Waals surface area contributed by atoms with Gasteiger partial charge in [-0.15, -0.1) is 0 Å². The fourth-order valence-electron chi connectivity index (χ4n) is 2.36. The van der Waals surface area contributed by atoms with E-state index in [4.69, 9.17) is 9.47 Å². The van der Waals surface area contributed by atoms with Crippen molar-refractivity contribution in [2.45, 2.75) is 13.5 Å². The fraction of sp³-hybridized carbons (Fsp3) is 0.278. The molecular weight excluding hydrogens is 377 g/mol. The lowest BCUT2D eigenvalue weighted by molar-refractivity contribution is 0.0747. The van der Waals surface area contributed by atoms with E-state index >= 15 is 0 Å². The highest BCUT2D eigenvalue weighted by Gasteiger charge is 2.19. The molecule has 0 atom stereocenters. The van der Waals surface area contributed by atoms with Crippen molar-refractivity contribution in [2.24, 2.45) is 0 Å². The maximum absolute atomic E-state index is 14.0. The van der Waals surface area contributed by atoms with E-state index in [9.17, 15) is 9.18 Å². The second-order valence-corrected chi connectivity index (χ2v) is 6.05. The van der Waals surface area contributed by atoms with E-state index in [0.717, 1.165) is 5.56 Å². The minimum Gasteiger partial charge on any atom is -0.493 e.